The molecule has 1 aromatic rings. The van der Waals surface area contributed by atoms with Gasteiger partial charge in [-0.05, 0) is 12.8 Å². The SMILES string of the molecule is N[C@@H](CCC(=O)N[C@@H](CCSC(=O)c1ccccc1)C(=O)NCC(=O)O)C(=O)O. The summed E-state index contributed by atoms with van der Waals surface area (Å²) in [5, 5.41) is 21.8. The first-order valence-corrected chi connectivity index (χ1v) is 9.68. The second kappa shape index (κ2) is 12.5. The zero-order valence-corrected chi connectivity index (χ0v) is 16.3. The third kappa shape index (κ3) is 9.72. The van der Waals surface area contributed by atoms with Gasteiger partial charge in [0, 0.05) is 17.7 Å². The molecule has 1 rings (SSSR count). The van der Waals surface area contributed by atoms with Gasteiger partial charge in [0.2, 0.25) is 16.9 Å². The van der Waals surface area contributed by atoms with Crippen LogP contribution in [0.4, 0.5) is 0 Å². The number of hydrogen-bond donors (Lipinski definition) is 5. The largest absolute Gasteiger partial charge is 0.480 e. The molecule has 1 aromatic carbocycles. The van der Waals surface area contributed by atoms with Crippen LogP contribution in [0.2, 0.25) is 0 Å². The number of nitrogens with two attached hydrogens (primary N) is 1. The molecule has 29 heavy (non-hydrogen) atoms. The molecule has 11 heteroatoms. The van der Waals surface area contributed by atoms with E-state index in [1.54, 1.807) is 30.3 Å². The van der Waals surface area contributed by atoms with Gasteiger partial charge >= 0.3 is 11.9 Å². The minimum absolute atomic E-state index is 0.0748. The van der Waals surface area contributed by atoms with E-state index in [-0.39, 0.29) is 30.1 Å². The van der Waals surface area contributed by atoms with Gasteiger partial charge in [-0.3, -0.25) is 24.0 Å². The fourth-order valence-electron chi connectivity index (χ4n) is 2.16. The average molecular weight is 425 g/mol. The molecule has 0 saturated heterocycles. The summed E-state index contributed by atoms with van der Waals surface area (Å²) in [6, 6.07) is 6.24. The number of benzene rings is 1. The van der Waals surface area contributed by atoms with E-state index in [9.17, 15) is 24.0 Å². The van der Waals surface area contributed by atoms with Crippen molar-refractivity contribution in [3.63, 3.8) is 0 Å². The maximum Gasteiger partial charge on any atom is 0.322 e. The Hall–Kier alpha value is -2.92. The van der Waals surface area contributed by atoms with Gasteiger partial charge in [-0.2, -0.15) is 0 Å². The summed E-state index contributed by atoms with van der Waals surface area (Å²) in [5.74, 6) is -3.60. The Labute approximate surface area is 171 Å². The molecule has 2 atom stereocenters. The predicted octanol–water partition coefficient (Wildman–Crippen LogP) is -0.172. The van der Waals surface area contributed by atoms with Crippen molar-refractivity contribution in [3.8, 4) is 0 Å². The molecule has 2 amide bonds. The molecule has 0 fully saturated rings. The van der Waals surface area contributed by atoms with Gasteiger partial charge < -0.3 is 26.6 Å². The molecule has 0 bridgehead atoms. The Morgan fingerprint density at radius 3 is 2.28 bits per heavy atom. The lowest BCUT2D eigenvalue weighted by Crippen LogP contribution is -2.48. The monoisotopic (exact) mass is 425 g/mol. The number of carboxylic acids is 2. The standard InChI is InChI=1S/C18H23N3O7S/c19-12(17(26)27)6-7-14(22)21-13(16(25)20-10-15(23)24)8-9-29-18(28)11-4-2-1-3-5-11/h1-5,12-13H,6-10,19H2,(H,20,25)(H,21,22)(H,23,24)(H,26,27)/t12-,13-/m0/s1. The van der Waals surface area contributed by atoms with Gasteiger partial charge in [0.25, 0.3) is 0 Å². The first-order valence-electron chi connectivity index (χ1n) is 8.70. The molecule has 0 aliphatic carbocycles. The van der Waals surface area contributed by atoms with Crippen molar-refractivity contribution in [2.75, 3.05) is 12.3 Å². The number of nitrogens with one attached hydrogen (secondary N) is 2. The maximum absolute atomic E-state index is 12.2. The summed E-state index contributed by atoms with van der Waals surface area (Å²) in [4.78, 5) is 57.6. The minimum Gasteiger partial charge on any atom is -0.480 e. The van der Waals surface area contributed by atoms with Crippen molar-refractivity contribution in [2.45, 2.75) is 31.3 Å². The first-order chi connectivity index (χ1) is 13.7. The van der Waals surface area contributed by atoms with E-state index in [1.165, 1.54) is 0 Å². The third-order valence-corrected chi connectivity index (χ3v) is 4.65. The smallest absolute Gasteiger partial charge is 0.322 e. The Morgan fingerprint density at radius 2 is 1.69 bits per heavy atom. The molecule has 0 unspecified atom stereocenters. The number of hydrogen-bond acceptors (Lipinski definition) is 7. The van der Waals surface area contributed by atoms with Crippen LogP contribution < -0.4 is 16.4 Å². The van der Waals surface area contributed by atoms with Gasteiger partial charge in [0.15, 0.2) is 0 Å². The van der Waals surface area contributed by atoms with Gasteiger partial charge in [0.1, 0.15) is 18.6 Å². The molecule has 0 saturated carbocycles. The highest BCUT2D eigenvalue weighted by Crippen LogP contribution is 2.14. The van der Waals surface area contributed by atoms with E-state index < -0.39 is 42.4 Å². The van der Waals surface area contributed by atoms with Crippen molar-refractivity contribution in [2.24, 2.45) is 5.73 Å². The summed E-state index contributed by atoms with van der Waals surface area (Å²) in [5.41, 5.74) is 5.84. The number of amides is 2. The maximum atomic E-state index is 12.2. The van der Waals surface area contributed by atoms with Crippen molar-refractivity contribution in [1.82, 2.24) is 10.6 Å². The molecule has 0 heterocycles. The summed E-state index contributed by atoms with van der Waals surface area (Å²) in [6.07, 6.45) is -0.260. The highest BCUT2D eigenvalue weighted by atomic mass is 32.2. The predicted molar refractivity (Wildman–Crippen MR) is 105 cm³/mol. The van der Waals surface area contributed by atoms with Crippen molar-refractivity contribution >= 4 is 40.6 Å². The van der Waals surface area contributed by atoms with E-state index in [2.05, 4.69) is 10.6 Å². The second-order valence-corrected chi connectivity index (χ2v) is 7.07. The van der Waals surface area contributed by atoms with Crippen molar-refractivity contribution in [1.29, 1.82) is 0 Å². The normalized spacial score (nSPS) is 12.4. The lowest BCUT2D eigenvalue weighted by molar-refractivity contribution is -0.139. The average Bonchev–Trinajstić information content (AvgIpc) is 2.69. The van der Waals surface area contributed by atoms with Crippen LogP contribution in [-0.2, 0) is 19.2 Å². The second-order valence-electron chi connectivity index (χ2n) is 6.01. The zero-order valence-electron chi connectivity index (χ0n) is 15.5. The fourth-order valence-corrected chi connectivity index (χ4v) is 3.00. The molecular formula is C18H23N3O7S. The van der Waals surface area contributed by atoms with E-state index in [4.69, 9.17) is 15.9 Å². The van der Waals surface area contributed by atoms with Crippen LogP contribution >= 0.6 is 11.8 Å². The van der Waals surface area contributed by atoms with Gasteiger partial charge in [-0.25, -0.2) is 0 Å². The Balaban J connectivity index is 2.61. The van der Waals surface area contributed by atoms with E-state index in [0.29, 0.717) is 5.56 Å². The summed E-state index contributed by atoms with van der Waals surface area (Å²) >= 11 is 0.965. The van der Waals surface area contributed by atoms with Crippen LogP contribution in [0.5, 0.6) is 0 Å². The van der Waals surface area contributed by atoms with Gasteiger partial charge in [0.05, 0.1) is 0 Å². The topological polar surface area (TPSA) is 176 Å². The first kappa shape index (κ1) is 24.1. The molecule has 0 aliphatic rings. The van der Waals surface area contributed by atoms with Gasteiger partial charge in [-0.1, -0.05) is 42.1 Å². The number of carbonyl (C=O) groups excluding carboxylic acids is 3. The zero-order chi connectivity index (χ0) is 21.8. The van der Waals surface area contributed by atoms with Crippen LogP contribution in [0.15, 0.2) is 30.3 Å². The van der Waals surface area contributed by atoms with Crippen LogP contribution in [0.1, 0.15) is 29.6 Å². The number of carbonyl (C=O) groups is 5. The van der Waals surface area contributed by atoms with Crippen LogP contribution in [0.3, 0.4) is 0 Å². The number of rotatable bonds is 12. The molecule has 0 aliphatic heterocycles. The van der Waals surface area contributed by atoms with E-state index >= 15 is 0 Å². The lowest BCUT2D eigenvalue weighted by Gasteiger charge is -2.18. The van der Waals surface area contributed by atoms with Crippen molar-refractivity contribution in [3.05, 3.63) is 35.9 Å². The summed E-state index contributed by atoms with van der Waals surface area (Å²) < 4.78 is 0. The van der Waals surface area contributed by atoms with Crippen molar-refractivity contribution < 1.29 is 34.2 Å². The third-order valence-electron chi connectivity index (χ3n) is 3.71. The molecule has 0 spiro atoms. The van der Waals surface area contributed by atoms with E-state index in [1.807, 2.05) is 0 Å². The van der Waals surface area contributed by atoms with Crippen LogP contribution in [0, 0.1) is 0 Å². The highest BCUT2D eigenvalue weighted by molar-refractivity contribution is 8.14. The Bertz CT molecular complexity index is 742. The van der Waals surface area contributed by atoms with Crippen LogP contribution in [-0.4, -0.2) is 63.5 Å². The molecular weight excluding hydrogens is 402 g/mol. The summed E-state index contributed by atoms with van der Waals surface area (Å²) in [6.45, 7) is -0.620. The Morgan fingerprint density at radius 1 is 1.03 bits per heavy atom. The quantitative estimate of drug-likeness (QED) is 0.304. The summed E-state index contributed by atoms with van der Waals surface area (Å²) in [7, 11) is 0. The Kier molecular flexibility index (Phi) is 10.4. The number of aliphatic carboxylic acids is 2. The minimum atomic E-state index is -1.25. The van der Waals surface area contributed by atoms with Crippen LogP contribution in [0.25, 0.3) is 0 Å². The molecule has 0 aromatic heterocycles. The number of carboxylic acid groups (broad SMARTS) is 2. The van der Waals surface area contributed by atoms with E-state index in [0.717, 1.165) is 11.8 Å². The lowest BCUT2D eigenvalue weighted by atomic mass is 10.1. The fraction of sp³-hybridized carbons (Fsp3) is 0.389. The molecule has 0 radical (unpaired) electrons. The molecule has 158 valence electrons. The molecule has 10 nitrogen and oxygen atoms in total. The molecule has 6 N–H and O–H groups in total. The van der Waals surface area contributed by atoms with Gasteiger partial charge in [-0.15, -0.1) is 0 Å². The highest BCUT2D eigenvalue weighted by Gasteiger charge is 2.22. The number of thioether (sulfide) groups is 1.